The van der Waals surface area contributed by atoms with Crippen molar-refractivity contribution >= 4 is 49.5 Å². The average molecular weight is 417 g/mol. The molecule has 0 bridgehead atoms. The van der Waals surface area contributed by atoms with E-state index in [1.165, 1.54) is 11.3 Å². The Hall–Kier alpha value is -3.32. The maximum absolute atomic E-state index is 13.0. The molecule has 2 aromatic carbocycles. The van der Waals surface area contributed by atoms with E-state index in [0.29, 0.717) is 10.7 Å². The Morgan fingerprint density at radius 1 is 0.967 bits per heavy atom. The summed E-state index contributed by atoms with van der Waals surface area (Å²) in [5.74, 6) is -0.888. The molecule has 7 heteroatoms. The van der Waals surface area contributed by atoms with E-state index in [-0.39, 0.29) is 6.61 Å². The number of pyridine rings is 1. The van der Waals surface area contributed by atoms with Gasteiger partial charge < -0.3 is 4.74 Å². The number of amides is 1. The number of aromatic nitrogens is 2. The molecule has 1 aliphatic rings. The van der Waals surface area contributed by atoms with Crippen molar-refractivity contribution in [3.63, 3.8) is 0 Å². The van der Waals surface area contributed by atoms with Gasteiger partial charge in [0, 0.05) is 11.1 Å². The first-order valence-electron chi connectivity index (χ1n) is 9.92. The van der Waals surface area contributed by atoms with Crippen LogP contribution >= 0.6 is 11.3 Å². The van der Waals surface area contributed by atoms with Crippen molar-refractivity contribution in [2.45, 2.75) is 25.7 Å². The predicted octanol–water partition coefficient (Wildman–Crippen LogP) is 4.52. The summed E-state index contributed by atoms with van der Waals surface area (Å²) in [7, 11) is 0. The third-order valence-electron chi connectivity index (χ3n) is 5.25. The molecule has 1 N–H and O–H groups in total. The summed E-state index contributed by atoms with van der Waals surface area (Å²) >= 11 is 1.38. The standard InChI is InChI=1S/C23H19N3O3S/c27-20(26-23-25-18-11-5-6-12-19(18)30-23)13-29-22(28)21-14-7-1-3-9-16(14)24-17-10-4-2-8-15(17)21/h1,3,5-7,9,11-12H,2,4,8,10,13H2,(H,25,26,27). The molecule has 0 atom stereocenters. The van der Waals surface area contributed by atoms with E-state index in [4.69, 9.17) is 9.72 Å². The molecule has 5 rings (SSSR count). The monoisotopic (exact) mass is 417 g/mol. The number of esters is 1. The van der Waals surface area contributed by atoms with Gasteiger partial charge in [-0.15, -0.1) is 0 Å². The number of anilines is 1. The Labute approximate surface area is 176 Å². The molecular weight excluding hydrogens is 398 g/mol. The fourth-order valence-electron chi connectivity index (χ4n) is 3.89. The lowest BCUT2D eigenvalue weighted by atomic mass is 9.90. The number of para-hydroxylation sites is 2. The number of aryl methyl sites for hydroxylation is 1. The van der Waals surface area contributed by atoms with Gasteiger partial charge in [0.25, 0.3) is 5.91 Å². The molecule has 0 saturated carbocycles. The number of benzene rings is 2. The molecule has 30 heavy (non-hydrogen) atoms. The Morgan fingerprint density at radius 2 is 1.73 bits per heavy atom. The molecule has 0 aliphatic heterocycles. The van der Waals surface area contributed by atoms with E-state index in [9.17, 15) is 9.59 Å². The van der Waals surface area contributed by atoms with Gasteiger partial charge >= 0.3 is 5.97 Å². The molecule has 2 aromatic heterocycles. The van der Waals surface area contributed by atoms with E-state index in [1.54, 1.807) is 0 Å². The second-order valence-electron chi connectivity index (χ2n) is 7.25. The third kappa shape index (κ3) is 3.52. The normalized spacial score (nSPS) is 13.2. The molecule has 0 spiro atoms. The second kappa shape index (κ2) is 7.84. The summed E-state index contributed by atoms with van der Waals surface area (Å²) in [5.41, 5.74) is 4.07. The van der Waals surface area contributed by atoms with Crippen molar-refractivity contribution in [1.82, 2.24) is 9.97 Å². The first-order chi connectivity index (χ1) is 14.7. The van der Waals surface area contributed by atoms with E-state index in [2.05, 4.69) is 10.3 Å². The van der Waals surface area contributed by atoms with Gasteiger partial charge in [-0.05, 0) is 49.4 Å². The zero-order valence-electron chi connectivity index (χ0n) is 16.2. The van der Waals surface area contributed by atoms with E-state index in [0.717, 1.165) is 58.1 Å². The van der Waals surface area contributed by atoms with Gasteiger partial charge in [-0.1, -0.05) is 41.7 Å². The lowest BCUT2D eigenvalue weighted by molar-refractivity contribution is -0.119. The molecule has 0 saturated heterocycles. The van der Waals surface area contributed by atoms with Crippen molar-refractivity contribution in [2.24, 2.45) is 0 Å². The zero-order valence-corrected chi connectivity index (χ0v) is 17.0. The summed E-state index contributed by atoms with van der Waals surface area (Å²) in [6, 6.07) is 15.2. The Kier molecular flexibility index (Phi) is 4.88. The number of ether oxygens (including phenoxy) is 1. The van der Waals surface area contributed by atoms with Crippen molar-refractivity contribution in [1.29, 1.82) is 0 Å². The molecule has 150 valence electrons. The van der Waals surface area contributed by atoms with Crippen LogP contribution in [0.4, 0.5) is 5.13 Å². The summed E-state index contributed by atoms with van der Waals surface area (Å²) in [5, 5.41) is 3.98. The topological polar surface area (TPSA) is 81.2 Å². The molecule has 1 aliphatic carbocycles. The van der Waals surface area contributed by atoms with Gasteiger partial charge in [0.1, 0.15) is 0 Å². The molecule has 1 amide bonds. The fourth-order valence-corrected chi connectivity index (χ4v) is 4.77. The van der Waals surface area contributed by atoms with E-state index >= 15 is 0 Å². The predicted molar refractivity (Wildman–Crippen MR) is 117 cm³/mol. The minimum Gasteiger partial charge on any atom is -0.452 e. The van der Waals surface area contributed by atoms with Crippen LogP contribution in [-0.2, 0) is 22.4 Å². The first-order valence-corrected chi connectivity index (χ1v) is 10.7. The van der Waals surface area contributed by atoms with Crippen LogP contribution in [0.3, 0.4) is 0 Å². The maximum Gasteiger partial charge on any atom is 0.339 e. The highest BCUT2D eigenvalue weighted by Crippen LogP contribution is 2.30. The number of nitrogens with one attached hydrogen (secondary N) is 1. The Balaban J connectivity index is 1.35. The van der Waals surface area contributed by atoms with E-state index in [1.807, 2.05) is 48.5 Å². The van der Waals surface area contributed by atoms with Gasteiger partial charge in [-0.25, -0.2) is 9.78 Å². The largest absolute Gasteiger partial charge is 0.452 e. The number of hydrogen-bond acceptors (Lipinski definition) is 6. The van der Waals surface area contributed by atoms with Crippen LogP contribution in [0.2, 0.25) is 0 Å². The van der Waals surface area contributed by atoms with Crippen LogP contribution in [0.5, 0.6) is 0 Å². The molecule has 0 unspecified atom stereocenters. The minimum absolute atomic E-state index is 0.361. The van der Waals surface area contributed by atoms with E-state index < -0.39 is 11.9 Å². The van der Waals surface area contributed by atoms with Gasteiger partial charge in [0.05, 0.1) is 21.3 Å². The van der Waals surface area contributed by atoms with Gasteiger partial charge in [0.15, 0.2) is 11.7 Å². The number of carbonyl (C=O) groups excluding carboxylic acids is 2. The molecular formula is C23H19N3O3S. The summed E-state index contributed by atoms with van der Waals surface area (Å²) < 4.78 is 6.39. The minimum atomic E-state index is -0.480. The SMILES string of the molecule is O=C(COC(=O)c1c2c(nc3ccccc13)CCCC2)Nc1nc2ccccc2s1. The third-order valence-corrected chi connectivity index (χ3v) is 6.20. The van der Waals surface area contributed by atoms with Crippen molar-refractivity contribution < 1.29 is 14.3 Å². The number of fused-ring (bicyclic) bond motifs is 3. The summed E-state index contributed by atoms with van der Waals surface area (Å²) in [6.07, 6.45) is 3.75. The van der Waals surface area contributed by atoms with Crippen LogP contribution < -0.4 is 5.32 Å². The fraction of sp³-hybridized carbons (Fsp3) is 0.217. The number of thiazole rings is 1. The number of carbonyl (C=O) groups is 2. The van der Waals surface area contributed by atoms with Crippen LogP contribution in [-0.4, -0.2) is 28.5 Å². The Morgan fingerprint density at radius 3 is 2.60 bits per heavy atom. The molecule has 2 heterocycles. The second-order valence-corrected chi connectivity index (χ2v) is 8.28. The highest BCUT2D eigenvalue weighted by atomic mass is 32.1. The quantitative estimate of drug-likeness (QED) is 0.494. The lowest BCUT2D eigenvalue weighted by Crippen LogP contribution is -2.22. The molecule has 4 aromatic rings. The molecule has 0 fully saturated rings. The zero-order chi connectivity index (χ0) is 20.5. The summed E-state index contributed by atoms with van der Waals surface area (Å²) in [4.78, 5) is 34.4. The number of hydrogen-bond donors (Lipinski definition) is 1. The highest BCUT2D eigenvalue weighted by molar-refractivity contribution is 7.22. The smallest absolute Gasteiger partial charge is 0.339 e. The number of rotatable bonds is 4. The van der Waals surface area contributed by atoms with Crippen LogP contribution in [0, 0.1) is 0 Å². The van der Waals surface area contributed by atoms with Crippen LogP contribution in [0.25, 0.3) is 21.1 Å². The van der Waals surface area contributed by atoms with Crippen molar-refractivity contribution in [3.8, 4) is 0 Å². The summed E-state index contributed by atoms with van der Waals surface area (Å²) in [6.45, 7) is -0.361. The van der Waals surface area contributed by atoms with Crippen LogP contribution in [0.1, 0.15) is 34.5 Å². The molecule has 6 nitrogen and oxygen atoms in total. The van der Waals surface area contributed by atoms with Gasteiger partial charge in [-0.3, -0.25) is 15.1 Å². The first kappa shape index (κ1) is 18.7. The van der Waals surface area contributed by atoms with Gasteiger partial charge in [0.2, 0.25) is 0 Å². The Bertz CT molecular complexity index is 1250. The van der Waals surface area contributed by atoms with Crippen LogP contribution in [0.15, 0.2) is 48.5 Å². The van der Waals surface area contributed by atoms with Crippen molar-refractivity contribution in [3.05, 3.63) is 65.4 Å². The highest BCUT2D eigenvalue weighted by Gasteiger charge is 2.24. The lowest BCUT2D eigenvalue weighted by Gasteiger charge is -2.19. The van der Waals surface area contributed by atoms with Crippen molar-refractivity contribution in [2.75, 3.05) is 11.9 Å². The number of nitrogens with zero attached hydrogens (tertiary/aromatic N) is 2. The maximum atomic E-state index is 13.0. The molecule has 0 radical (unpaired) electrons. The van der Waals surface area contributed by atoms with Gasteiger partial charge in [-0.2, -0.15) is 0 Å². The average Bonchev–Trinajstić information content (AvgIpc) is 3.18.